The zero-order chi connectivity index (χ0) is 17.9. The molecular formula is C19H21F3N2O. The van der Waals surface area contributed by atoms with Gasteiger partial charge in [-0.15, -0.1) is 0 Å². The van der Waals surface area contributed by atoms with Gasteiger partial charge in [-0.05, 0) is 42.7 Å². The average Bonchev–Trinajstić information content (AvgIpc) is 2.56. The van der Waals surface area contributed by atoms with Gasteiger partial charge in [0.05, 0.1) is 5.56 Å². The van der Waals surface area contributed by atoms with Crippen LogP contribution in [-0.4, -0.2) is 29.1 Å². The standard InChI is InChI=1S/C19H21F3N2O/c20-19(21,22)15-6-4-14(5-7-15)13-24-10-8-16(9-11-24)23-17-2-1-3-18(25)12-17/h1-7,12,16,23,25H,8-11,13H2. The minimum absolute atomic E-state index is 0.240. The van der Waals surface area contributed by atoms with Crippen molar-refractivity contribution in [3.8, 4) is 5.75 Å². The third-order valence-electron chi connectivity index (χ3n) is 4.49. The summed E-state index contributed by atoms with van der Waals surface area (Å²) < 4.78 is 37.8. The van der Waals surface area contributed by atoms with Crippen molar-refractivity contribution in [1.82, 2.24) is 4.90 Å². The van der Waals surface area contributed by atoms with Crippen molar-refractivity contribution in [1.29, 1.82) is 0 Å². The second kappa shape index (κ2) is 7.35. The predicted octanol–water partition coefficient (Wildman–Crippen LogP) is 4.49. The fourth-order valence-electron chi connectivity index (χ4n) is 3.12. The maximum Gasteiger partial charge on any atom is 0.416 e. The van der Waals surface area contributed by atoms with Crippen LogP contribution in [0.1, 0.15) is 24.0 Å². The van der Waals surface area contributed by atoms with Crippen LogP contribution in [0, 0.1) is 0 Å². The second-order valence-corrected chi connectivity index (χ2v) is 6.44. The van der Waals surface area contributed by atoms with Gasteiger partial charge in [0.1, 0.15) is 5.75 Å². The van der Waals surface area contributed by atoms with Crippen molar-refractivity contribution in [2.24, 2.45) is 0 Å². The fraction of sp³-hybridized carbons (Fsp3) is 0.368. The van der Waals surface area contributed by atoms with Gasteiger partial charge in [0.15, 0.2) is 0 Å². The van der Waals surface area contributed by atoms with Crippen molar-refractivity contribution in [2.45, 2.75) is 31.6 Å². The van der Waals surface area contributed by atoms with Gasteiger partial charge in [-0.2, -0.15) is 13.2 Å². The summed E-state index contributed by atoms with van der Waals surface area (Å²) in [5.74, 6) is 0.240. The molecule has 2 N–H and O–H groups in total. The SMILES string of the molecule is Oc1cccc(NC2CCN(Cc3ccc(C(F)(F)F)cc3)CC2)c1. The van der Waals surface area contributed by atoms with Gasteiger partial charge in [-0.1, -0.05) is 18.2 Å². The summed E-state index contributed by atoms with van der Waals surface area (Å²) in [6.45, 7) is 2.44. The van der Waals surface area contributed by atoms with E-state index in [1.165, 1.54) is 0 Å². The monoisotopic (exact) mass is 350 g/mol. The summed E-state index contributed by atoms with van der Waals surface area (Å²) >= 11 is 0. The molecule has 3 rings (SSSR count). The van der Waals surface area contributed by atoms with E-state index >= 15 is 0 Å². The normalized spacial score (nSPS) is 16.8. The molecule has 0 atom stereocenters. The first-order valence-corrected chi connectivity index (χ1v) is 8.34. The van der Waals surface area contributed by atoms with Gasteiger partial charge < -0.3 is 10.4 Å². The van der Waals surface area contributed by atoms with Crippen molar-refractivity contribution in [2.75, 3.05) is 18.4 Å². The molecule has 0 aliphatic carbocycles. The smallest absolute Gasteiger partial charge is 0.416 e. The average molecular weight is 350 g/mol. The Morgan fingerprint density at radius 1 is 1.04 bits per heavy atom. The van der Waals surface area contributed by atoms with E-state index in [1.54, 1.807) is 30.3 Å². The first kappa shape index (κ1) is 17.6. The molecule has 6 heteroatoms. The molecule has 1 saturated heterocycles. The molecular weight excluding hydrogens is 329 g/mol. The summed E-state index contributed by atoms with van der Waals surface area (Å²) in [4.78, 5) is 2.25. The van der Waals surface area contributed by atoms with Gasteiger partial charge in [0.25, 0.3) is 0 Å². The summed E-state index contributed by atoms with van der Waals surface area (Å²) in [6.07, 6.45) is -2.37. The number of hydrogen-bond donors (Lipinski definition) is 2. The number of nitrogens with zero attached hydrogens (tertiary/aromatic N) is 1. The van der Waals surface area contributed by atoms with E-state index in [1.807, 2.05) is 6.07 Å². The highest BCUT2D eigenvalue weighted by atomic mass is 19.4. The maximum absolute atomic E-state index is 12.6. The molecule has 25 heavy (non-hydrogen) atoms. The number of phenolic OH excluding ortho intramolecular Hbond substituents is 1. The fourth-order valence-corrected chi connectivity index (χ4v) is 3.12. The van der Waals surface area contributed by atoms with Crippen molar-refractivity contribution >= 4 is 5.69 Å². The highest BCUT2D eigenvalue weighted by Gasteiger charge is 2.30. The lowest BCUT2D eigenvalue weighted by Gasteiger charge is -2.33. The number of aromatic hydroxyl groups is 1. The molecule has 2 aromatic rings. The number of rotatable bonds is 4. The van der Waals surface area contributed by atoms with Crippen LogP contribution in [0.2, 0.25) is 0 Å². The number of hydrogen-bond acceptors (Lipinski definition) is 3. The zero-order valence-corrected chi connectivity index (χ0v) is 13.8. The summed E-state index contributed by atoms with van der Waals surface area (Å²) in [7, 11) is 0. The number of nitrogens with one attached hydrogen (secondary N) is 1. The predicted molar refractivity (Wildman–Crippen MR) is 91.5 cm³/mol. The van der Waals surface area contributed by atoms with Crippen molar-refractivity contribution < 1.29 is 18.3 Å². The first-order valence-electron chi connectivity index (χ1n) is 8.34. The molecule has 0 spiro atoms. The second-order valence-electron chi connectivity index (χ2n) is 6.44. The van der Waals surface area contributed by atoms with Crippen molar-refractivity contribution in [3.63, 3.8) is 0 Å². The van der Waals surface area contributed by atoms with Gasteiger partial charge in [-0.3, -0.25) is 4.90 Å². The molecule has 1 aliphatic heterocycles. The molecule has 0 amide bonds. The number of likely N-dealkylation sites (tertiary alicyclic amines) is 1. The molecule has 0 unspecified atom stereocenters. The number of alkyl halides is 3. The third-order valence-corrected chi connectivity index (χ3v) is 4.49. The van der Waals surface area contributed by atoms with Crippen LogP contribution in [0.3, 0.4) is 0 Å². The van der Waals surface area contributed by atoms with E-state index in [2.05, 4.69) is 10.2 Å². The van der Waals surface area contributed by atoms with Gasteiger partial charge >= 0.3 is 6.18 Å². The molecule has 3 nitrogen and oxygen atoms in total. The highest BCUT2D eigenvalue weighted by molar-refractivity contribution is 5.48. The Morgan fingerprint density at radius 3 is 2.32 bits per heavy atom. The number of benzene rings is 2. The van der Waals surface area contributed by atoms with Gasteiger partial charge in [-0.25, -0.2) is 0 Å². The van der Waals surface area contributed by atoms with Crippen LogP contribution < -0.4 is 5.32 Å². The van der Waals surface area contributed by atoms with Crippen LogP contribution in [0.4, 0.5) is 18.9 Å². The largest absolute Gasteiger partial charge is 0.508 e. The minimum Gasteiger partial charge on any atom is -0.508 e. The summed E-state index contributed by atoms with van der Waals surface area (Å²) in [5.41, 5.74) is 1.19. The Labute approximate surface area is 145 Å². The molecule has 0 aromatic heterocycles. The van der Waals surface area contributed by atoms with E-state index in [0.717, 1.165) is 49.3 Å². The molecule has 0 saturated carbocycles. The lowest BCUT2D eigenvalue weighted by atomic mass is 10.0. The topological polar surface area (TPSA) is 35.5 Å². The highest BCUT2D eigenvalue weighted by Crippen LogP contribution is 2.29. The summed E-state index contributed by atoms with van der Waals surface area (Å²) in [6, 6.07) is 12.8. The summed E-state index contributed by atoms with van der Waals surface area (Å²) in [5, 5.41) is 12.9. The van der Waals surface area contributed by atoms with E-state index < -0.39 is 11.7 Å². The Kier molecular flexibility index (Phi) is 5.18. The Hall–Kier alpha value is -2.21. The minimum atomic E-state index is -4.28. The lowest BCUT2D eigenvalue weighted by Crippen LogP contribution is -2.38. The first-order chi connectivity index (χ1) is 11.9. The molecule has 1 aliphatic rings. The van der Waals surface area contributed by atoms with E-state index in [9.17, 15) is 18.3 Å². The van der Waals surface area contributed by atoms with Crippen LogP contribution in [0.15, 0.2) is 48.5 Å². The van der Waals surface area contributed by atoms with Crippen LogP contribution in [-0.2, 0) is 12.7 Å². The molecule has 2 aromatic carbocycles. The van der Waals surface area contributed by atoms with Gasteiger partial charge in [0, 0.05) is 37.4 Å². The Morgan fingerprint density at radius 2 is 1.72 bits per heavy atom. The van der Waals surface area contributed by atoms with E-state index in [4.69, 9.17) is 0 Å². The van der Waals surface area contributed by atoms with Crippen LogP contribution in [0.25, 0.3) is 0 Å². The Bertz CT molecular complexity index is 693. The van der Waals surface area contributed by atoms with Crippen LogP contribution >= 0.6 is 0 Å². The molecule has 0 bridgehead atoms. The maximum atomic E-state index is 12.6. The van der Waals surface area contributed by atoms with E-state index in [0.29, 0.717) is 12.6 Å². The molecule has 1 fully saturated rings. The molecule has 134 valence electrons. The number of anilines is 1. The number of phenols is 1. The molecule has 1 heterocycles. The quantitative estimate of drug-likeness (QED) is 0.853. The van der Waals surface area contributed by atoms with E-state index in [-0.39, 0.29) is 5.75 Å². The lowest BCUT2D eigenvalue weighted by molar-refractivity contribution is -0.137. The Balaban J connectivity index is 1.49. The number of piperidine rings is 1. The number of halogens is 3. The molecule has 0 radical (unpaired) electrons. The van der Waals surface area contributed by atoms with Crippen molar-refractivity contribution in [3.05, 3.63) is 59.7 Å². The van der Waals surface area contributed by atoms with Gasteiger partial charge in [0.2, 0.25) is 0 Å². The zero-order valence-electron chi connectivity index (χ0n) is 13.8. The third kappa shape index (κ3) is 4.89. The van der Waals surface area contributed by atoms with Crippen LogP contribution in [0.5, 0.6) is 5.75 Å².